The lowest BCUT2D eigenvalue weighted by molar-refractivity contribution is -0.129. The molecule has 1 atom stereocenters. The minimum absolute atomic E-state index is 0.0547. The zero-order valence-corrected chi connectivity index (χ0v) is 13.9. The minimum Gasteiger partial charge on any atom is -0.369 e. The molecule has 1 fully saturated rings. The van der Waals surface area contributed by atoms with E-state index in [-0.39, 0.29) is 17.7 Å². The SMILES string of the molecule is Cc1nn(CC(C)C)c(C)c1CC(=O)N1CC[C@H](C(N)=O)C1. The molecule has 0 aliphatic carbocycles. The lowest BCUT2D eigenvalue weighted by Gasteiger charge is -2.16. The quantitative estimate of drug-likeness (QED) is 0.882. The lowest BCUT2D eigenvalue weighted by atomic mass is 10.1. The van der Waals surface area contributed by atoms with Gasteiger partial charge in [0.25, 0.3) is 0 Å². The number of carbonyl (C=O) groups excluding carboxylic acids is 2. The molecule has 1 aliphatic heterocycles. The number of hydrogen-bond donors (Lipinski definition) is 1. The summed E-state index contributed by atoms with van der Waals surface area (Å²) in [5, 5.41) is 4.54. The highest BCUT2D eigenvalue weighted by Crippen LogP contribution is 2.20. The number of nitrogens with zero attached hydrogens (tertiary/aromatic N) is 3. The molecule has 0 aromatic carbocycles. The van der Waals surface area contributed by atoms with Crippen molar-refractivity contribution in [2.75, 3.05) is 13.1 Å². The molecule has 2 N–H and O–H groups in total. The lowest BCUT2D eigenvalue weighted by Crippen LogP contribution is -2.32. The number of aryl methyl sites for hydroxylation is 1. The van der Waals surface area contributed by atoms with Crippen molar-refractivity contribution >= 4 is 11.8 Å². The molecule has 6 heteroatoms. The van der Waals surface area contributed by atoms with E-state index in [1.807, 2.05) is 18.5 Å². The van der Waals surface area contributed by atoms with E-state index >= 15 is 0 Å². The van der Waals surface area contributed by atoms with Crippen molar-refractivity contribution in [1.29, 1.82) is 0 Å². The predicted molar refractivity (Wildman–Crippen MR) is 84.1 cm³/mol. The monoisotopic (exact) mass is 306 g/mol. The molecule has 1 saturated heterocycles. The van der Waals surface area contributed by atoms with E-state index in [0.29, 0.717) is 31.8 Å². The number of likely N-dealkylation sites (tertiary alicyclic amines) is 1. The van der Waals surface area contributed by atoms with Crippen LogP contribution in [0.5, 0.6) is 0 Å². The summed E-state index contributed by atoms with van der Waals surface area (Å²) in [5.41, 5.74) is 8.30. The van der Waals surface area contributed by atoms with Crippen LogP contribution in [0, 0.1) is 25.7 Å². The molecule has 2 heterocycles. The van der Waals surface area contributed by atoms with Gasteiger partial charge in [0.15, 0.2) is 0 Å². The van der Waals surface area contributed by atoms with Crippen molar-refractivity contribution in [1.82, 2.24) is 14.7 Å². The second kappa shape index (κ2) is 6.50. The summed E-state index contributed by atoms with van der Waals surface area (Å²) in [7, 11) is 0. The summed E-state index contributed by atoms with van der Waals surface area (Å²) < 4.78 is 1.98. The Bertz CT molecular complexity index is 577. The molecule has 1 aromatic heterocycles. The summed E-state index contributed by atoms with van der Waals surface area (Å²) in [5.74, 6) is 0.0535. The Morgan fingerprint density at radius 3 is 2.59 bits per heavy atom. The summed E-state index contributed by atoms with van der Waals surface area (Å²) in [6.07, 6.45) is 1.02. The zero-order chi connectivity index (χ0) is 16.4. The van der Waals surface area contributed by atoms with Crippen LogP contribution in [0.4, 0.5) is 0 Å². The van der Waals surface area contributed by atoms with Crippen LogP contribution in [0.1, 0.15) is 37.2 Å². The molecule has 0 saturated carbocycles. The molecule has 2 amide bonds. The van der Waals surface area contributed by atoms with Crippen molar-refractivity contribution in [3.8, 4) is 0 Å². The average Bonchev–Trinajstić information content (AvgIpc) is 3.00. The third kappa shape index (κ3) is 3.48. The van der Waals surface area contributed by atoms with E-state index in [9.17, 15) is 9.59 Å². The van der Waals surface area contributed by atoms with Gasteiger partial charge >= 0.3 is 0 Å². The molecule has 0 spiro atoms. The van der Waals surface area contributed by atoms with Crippen LogP contribution in [0.25, 0.3) is 0 Å². The molecule has 22 heavy (non-hydrogen) atoms. The number of amides is 2. The van der Waals surface area contributed by atoms with E-state index in [2.05, 4.69) is 18.9 Å². The molecule has 0 radical (unpaired) electrons. The molecule has 0 bridgehead atoms. The fourth-order valence-corrected chi connectivity index (χ4v) is 3.00. The molecule has 1 aromatic rings. The van der Waals surface area contributed by atoms with Gasteiger partial charge in [0.1, 0.15) is 0 Å². The Kier molecular flexibility index (Phi) is 4.88. The van der Waals surface area contributed by atoms with Crippen molar-refractivity contribution < 1.29 is 9.59 Å². The second-order valence-corrected chi connectivity index (χ2v) is 6.63. The predicted octanol–water partition coefficient (Wildman–Crippen LogP) is 1.03. The highest BCUT2D eigenvalue weighted by Gasteiger charge is 2.30. The smallest absolute Gasteiger partial charge is 0.227 e. The Hall–Kier alpha value is -1.85. The van der Waals surface area contributed by atoms with Gasteiger partial charge in [-0.1, -0.05) is 13.8 Å². The van der Waals surface area contributed by atoms with Crippen LogP contribution in [-0.4, -0.2) is 39.6 Å². The molecule has 122 valence electrons. The summed E-state index contributed by atoms with van der Waals surface area (Å²) in [4.78, 5) is 25.4. The van der Waals surface area contributed by atoms with E-state index < -0.39 is 0 Å². The topological polar surface area (TPSA) is 81.2 Å². The minimum atomic E-state index is -0.313. The Labute approximate surface area is 131 Å². The largest absolute Gasteiger partial charge is 0.369 e. The number of primary amides is 1. The van der Waals surface area contributed by atoms with E-state index in [1.165, 1.54) is 0 Å². The molecule has 2 rings (SSSR count). The summed E-state index contributed by atoms with van der Waals surface area (Å²) in [6.45, 7) is 10.2. The van der Waals surface area contributed by atoms with Gasteiger partial charge in [-0.2, -0.15) is 5.10 Å². The van der Waals surface area contributed by atoms with Gasteiger partial charge in [-0.25, -0.2) is 0 Å². The molecular formula is C16H26N4O2. The third-order valence-corrected chi connectivity index (χ3v) is 4.34. The highest BCUT2D eigenvalue weighted by atomic mass is 16.2. The normalized spacial score (nSPS) is 18.2. The van der Waals surface area contributed by atoms with E-state index in [1.54, 1.807) is 4.90 Å². The molecule has 1 aliphatic rings. The standard InChI is InChI=1S/C16H26N4O2/c1-10(2)8-20-12(4)14(11(3)18-20)7-15(21)19-6-5-13(9-19)16(17)22/h10,13H,5-9H2,1-4H3,(H2,17,22)/t13-/m0/s1. The first-order valence-corrected chi connectivity index (χ1v) is 7.89. The van der Waals surface area contributed by atoms with Gasteiger partial charge in [-0.3, -0.25) is 14.3 Å². The molecular weight excluding hydrogens is 280 g/mol. The number of hydrogen-bond acceptors (Lipinski definition) is 3. The van der Waals surface area contributed by atoms with Gasteiger partial charge in [0, 0.05) is 30.9 Å². The van der Waals surface area contributed by atoms with Crippen LogP contribution in [0.2, 0.25) is 0 Å². The van der Waals surface area contributed by atoms with Crippen LogP contribution >= 0.6 is 0 Å². The summed E-state index contributed by atoms with van der Waals surface area (Å²) in [6, 6.07) is 0. The van der Waals surface area contributed by atoms with E-state index in [4.69, 9.17) is 5.73 Å². The van der Waals surface area contributed by atoms with Gasteiger partial charge in [-0.15, -0.1) is 0 Å². The van der Waals surface area contributed by atoms with Crippen molar-refractivity contribution in [3.05, 3.63) is 17.0 Å². The van der Waals surface area contributed by atoms with E-state index in [0.717, 1.165) is 23.5 Å². The van der Waals surface area contributed by atoms with Gasteiger partial charge in [0.2, 0.25) is 11.8 Å². The Balaban J connectivity index is 2.06. The average molecular weight is 306 g/mol. The fourth-order valence-electron chi connectivity index (χ4n) is 3.00. The number of aromatic nitrogens is 2. The van der Waals surface area contributed by atoms with Gasteiger partial charge in [0.05, 0.1) is 18.0 Å². The third-order valence-electron chi connectivity index (χ3n) is 4.34. The van der Waals surface area contributed by atoms with Crippen molar-refractivity contribution in [2.45, 2.75) is 47.1 Å². The first kappa shape index (κ1) is 16.5. The van der Waals surface area contributed by atoms with Crippen LogP contribution in [-0.2, 0) is 22.6 Å². The summed E-state index contributed by atoms with van der Waals surface area (Å²) >= 11 is 0. The maximum Gasteiger partial charge on any atom is 0.227 e. The van der Waals surface area contributed by atoms with Crippen LogP contribution in [0.15, 0.2) is 0 Å². The maximum atomic E-state index is 12.5. The van der Waals surface area contributed by atoms with Crippen LogP contribution < -0.4 is 5.73 Å². The first-order chi connectivity index (χ1) is 10.3. The highest BCUT2D eigenvalue weighted by molar-refractivity contribution is 5.82. The van der Waals surface area contributed by atoms with Crippen LogP contribution in [0.3, 0.4) is 0 Å². The van der Waals surface area contributed by atoms with Gasteiger partial charge < -0.3 is 10.6 Å². The zero-order valence-electron chi connectivity index (χ0n) is 13.9. The number of carbonyl (C=O) groups is 2. The van der Waals surface area contributed by atoms with Crippen molar-refractivity contribution in [3.63, 3.8) is 0 Å². The maximum absolute atomic E-state index is 12.5. The number of rotatable bonds is 5. The van der Waals surface area contributed by atoms with Crippen molar-refractivity contribution in [2.24, 2.45) is 17.6 Å². The molecule has 6 nitrogen and oxygen atoms in total. The Morgan fingerprint density at radius 1 is 1.36 bits per heavy atom. The number of nitrogens with two attached hydrogens (primary N) is 1. The van der Waals surface area contributed by atoms with Gasteiger partial charge in [-0.05, 0) is 26.2 Å². The second-order valence-electron chi connectivity index (χ2n) is 6.63. The Morgan fingerprint density at radius 2 is 2.05 bits per heavy atom. The molecule has 0 unspecified atom stereocenters. The first-order valence-electron chi connectivity index (χ1n) is 7.89. The fraction of sp³-hybridized carbons (Fsp3) is 0.688.